The van der Waals surface area contributed by atoms with Crippen molar-refractivity contribution in [3.63, 3.8) is 0 Å². The number of hydrogen-bond acceptors (Lipinski definition) is 3. The Labute approximate surface area is 198 Å². The van der Waals surface area contributed by atoms with Crippen molar-refractivity contribution < 1.29 is 9.90 Å². The number of ketones is 1. The number of carbonyl (C=O) groups is 1. The maximum Gasteiger partial charge on any atom is 0.164 e. The molecular formula is C30H35NO2. The zero-order valence-corrected chi connectivity index (χ0v) is 19.8. The predicted molar refractivity (Wildman–Crippen MR) is 135 cm³/mol. The molecule has 0 saturated carbocycles. The lowest BCUT2D eigenvalue weighted by Gasteiger charge is -2.42. The molecule has 1 aliphatic heterocycles. The summed E-state index contributed by atoms with van der Waals surface area (Å²) in [6, 6.07) is 26.4. The van der Waals surface area contributed by atoms with E-state index in [-0.39, 0.29) is 11.7 Å². The number of likely N-dealkylation sites (tertiary alicyclic amines) is 1. The van der Waals surface area contributed by atoms with Crippen LogP contribution < -0.4 is 0 Å². The van der Waals surface area contributed by atoms with Gasteiger partial charge in [-0.3, -0.25) is 4.79 Å². The molecule has 1 atom stereocenters. The van der Waals surface area contributed by atoms with Crippen LogP contribution in [0.1, 0.15) is 58.8 Å². The summed E-state index contributed by atoms with van der Waals surface area (Å²) < 4.78 is 0. The fourth-order valence-corrected chi connectivity index (χ4v) is 5.04. The number of aliphatic hydroxyl groups is 1. The van der Waals surface area contributed by atoms with Crippen LogP contribution in [-0.4, -0.2) is 35.4 Å². The molecule has 0 aromatic heterocycles. The molecule has 0 amide bonds. The standard InChI is InChI=1S/C30H35NO2/c1-3-24-11-15-27(16-12-24)30(33,26-7-5-4-6-8-26)28-17-20-31(21-18-28)22-19-29(32)25-13-9-23(2)10-14-25/h4-16,28,33H,3,17-22H2,1-2H3. The number of nitrogens with zero attached hydrogens (tertiary/aromatic N) is 1. The zero-order valence-electron chi connectivity index (χ0n) is 19.8. The van der Waals surface area contributed by atoms with E-state index in [1.807, 2.05) is 61.5 Å². The van der Waals surface area contributed by atoms with E-state index < -0.39 is 5.60 Å². The minimum absolute atomic E-state index is 0.136. The van der Waals surface area contributed by atoms with E-state index in [4.69, 9.17) is 0 Å². The third-order valence-electron chi connectivity index (χ3n) is 7.22. The van der Waals surface area contributed by atoms with Crippen LogP contribution in [0.25, 0.3) is 0 Å². The van der Waals surface area contributed by atoms with Crippen molar-refractivity contribution in [3.8, 4) is 0 Å². The van der Waals surface area contributed by atoms with Gasteiger partial charge < -0.3 is 10.0 Å². The van der Waals surface area contributed by atoms with E-state index in [9.17, 15) is 9.90 Å². The number of hydrogen-bond donors (Lipinski definition) is 1. The van der Waals surface area contributed by atoms with Gasteiger partial charge in [0, 0.05) is 18.5 Å². The molecule has 1 saturated heterocycles. The van der Waals surface area contributed by atoms with Gasteiger partial charge in [0.05, 0.1) is 0 Å². The second kappa shape index (κ2) is 10.5. The Morgan fingerprint density at radius 2 is 1.52 bits per heavy atom. The summed E-state index contributed by atoms with van der Waals surface area (Å²) >= 11 is 0. The number of Topliss-reactive ketones (excluding diaryl/α,β-unsaturated/α-hetero) is 1. The molecule has 3 aromatic rings. The monoisotopic (exact) mass is 441 g/mol. The van der Waals surface area contributed by atoms with E-state index in [0.29, 0.717) is 6.42 Å². The molecule has 1 N–H and O–H groups in total. The Morgan fingerprint density at radius 3 is 2.12 bits per heavy atom. The lowest BCUT2D eigenvalue weighted by atomic mass is 9.72. The summed E-state index contributed by atoms with van der Waals surface area (Å²) in [6.07, 6.45) is 3.33. The summed E-state index contributed by atoms with van der Waals surface area (Å²) in [5, 5.41) is 12.1. The van der Waals surface area contributed by atoms with Crippen molar-refractivity contribution in [1.29, 1.82) is 0 Å². The molecular weight excluding hydrogens is 406 g/mol. The molecule has 1 aliphatic rings. The lowest BCUT2D eigenvalue weighted by molar-refractivity contribution is -0.0141. The fraction of sp³-hybridized carbons (Fsp3) is 0.367. The lowest BCUT2D eigenvalue weighted by Crippen LogP contribution is -2.44. The first-order valence-electron chi connectivity index (χ1n) is 12.2. The van der Waals surface area contributed by atoms with Crippen molar-refractivity contribution in [2.45, 2.75) is 45.1 Å². The van der Waals surface area contributed by atoms with Gasteiger partial charge in [-0.2, -0.15) is 0 Å². The molecule has 33 heavy (non-hydrogen) atoms. The van der Waals surface area contributed by atoms with Crippen molar-refractivity contribution in [1.82, 2.24) is 4.90 Å². The first kappa shape index (κ1) is 23.4. The predicted octanol–water partition coefficient (Wildman–Crippen LogP) is 5.78. The van der Waals surface area contributed by atoms with E-state index in [0.717, 1.165) is 55.6 Å². The molecule has 0 radical (unpaired) electrons. The summed E-state index contributed by atoms with van der Waals surface area (Å²) in [7, 11) is 0. The molecule has 0 bridgehead atoms. The highest BCUT2D eigenvalue weighted by Crippen LogP contribution is 2.42. The number of benzene rings is 3. The molecule has 3 nitrogen and oxygen atoms in total. The van der Waals surface area contributed by atoms with Gasteiger partial charge in [0.15, 0.2) is 5.78 Å². The second-order valence-corrected chi connectivity index (χ2v) is 9.34. The summed E-state index contributed by atoms with van der Waals surface area (Å²) in [5.41, 5.74) is 4.17. The van der Waals surface area contributed by atoms with Gasteiger partial charge in [-0.05, 0) is 61.9 Å². The molecule has 3 aromatic carbocycles. The topological polar surface area (TPSA) is 40.5 Å². The van der Waals surface area contributed by atoms with Crippen LogP contribution in [0.4, 0.5) is 0 Å². The van der Waals surface area contributed by atoms with Crippen LogP contribution in [0.5, 0.6) is 0 Å². The summed E-state index contributed by atoms with van der Waals surface area (Å²) in [5.74, 6) is 0.338. The molecule has 1 fully saturated rings. The highest BCUT2D eigenvalue weighted by molar-refractivity contribution is 5.96. The summed E-state index contributed by atoms with van der Waals surface area (Å²) in [4.78, 5) is 14.9. The zero-order chi connectivity index (χ0) is 23.3. The average Bonchev–Trinajstić information content (AvgIpc) is 2.88. The normalized spacial score (nSPS) is 16.9. The number of carbonyl (C=O) groups excluding carboxylic acids is 1. The van der Waals surface area contributed by atoms with Crippen molar-refractivity contribution in [2.24, 2.45) is 5.92 Å². The van der Waals surface area contributed by atoms with Crippen molar-refractivity contribution in [3.05, 3.63) is 107 Å². The molecule has 0 aliphatic carbocycles. The Morgan fingerprint density at radius 1 is 0.909 bits per heavy atom. The third-order valence-corrected chi connectivity index (χ3v) is 7.22. The van der Waals surface area contributed by atoms with Crippen LogP contribution >= 0.6 is 0 Å². The first-order valence-corrected chi connectivity index (χ1v) is 12.2. The van der Waals surface area contributed by atoms with Crippen LogP contribution in [0.2, 0.25) is 0 Å². The minimum atomic E-state index is -1.00. The van der Waals surface area contributed by atoms with Gasteiger partial charge in [0.2, 0.25) is 0 Å². The molecule has 3 heteroatoms. The highest BCUT2D eigenvalue weighted by atomic mass is 16.3. The van der Waals surface area contributed by atoms with Gasteiger partial charge in [-0.1, -0.05) is 91.3 Å². The Kier molecular flexibility index (Phi) is 7.42. The fourth-order valence-electron chi connectivity index (χ4n) is 5.04. The number of piperidine rings is 1. The highest BCUT2D eigenvalue weighted by Gasteiger charge is 2.41. The van der Waals surface area contributed by atoms with Crippen LogP contribution in [0, 0.1) is 12.8 Å². The van der Waals surface area contributed by atoms with Crippen LogP contribution in [0.15, 0.2) is 78.9 Å². The van der Waals surface area contributed by atoms with Crippen LogP contribution in [-0.2, 0) is 12.0 Å². The van der Waals surface area contributed by atoms with Gasteiger partial charge in [-0.15, -0.1) is 0 Å². The summed E-state index contributed by atoms with van der Waals surface area (Å²) in [6.45, 7) is 6.75. The maximum atomic E-state index is 12.6. The van der Waals surface area contributed by atoms with E-state index >= 15 is 0 Å². The SMILES string of the molecule is CCc1ccc(C(O)(c2ccccc2)C2CCN(CCC(=O)c3ccc(C)cc3)CC2)cc1. The van der Waals surface area contributed by atoms with Gasteiger partial charge >= 0.3 is 0 Å². The average molecular weight is 442 g/mol. The van der Waals surface area contributed by atoms with E-state index in [2.05, 4.69) is 36.1 Å². The maximum absolute atomic E-state index is 12.6. The number of rotatable bonds is 8. The van der Waals surface area contributed by atoms with Crippen molar-refractivity contribution >= 4 is 5.78 Å². The quantitative estimate of drug-likeness (QED) is 0.451. The van der Waals surface area contributed by atoms with Gasteiger partial charge in [0.25, 0.3) is 0 Å². The molecule has 4 rings (SSSR count). The van der Waals surface area contributed by atoms with E-state index in [1.54, 1.807) is 0 Å². The molecule has 1 unspecified atom stereocenters. The van der Waals surface area contributed by atoms with Gasteiger partial charge in [0.1, 0.15) is 5.60 Å². The Balaban J connectivity index is 1.44. The third kappa shape index (κ3) is 5.26. The number of aryl methyl sites for hydroxylation is 2. The molecule has 172 valence electrons. The molecule has 1 heterocycles. The van der Waals surface area contributed by atoms with Gasteiger partial charge in [-0.25, -0.2) is 0 Å². The Hall–Kier alpha value is -2.75. The van der Waals surface area contributed by atoms with E-state index in [1.165, 1.54) is 11.1 Å². The smallest absolute Gasteiger partial charge is 0.164 e. The largest absolute Gasteiger partial charge is 0.380 e. The van der Waals surface area contributed by atoms with Crippen LogP contribution in [0.3, 0.4) is 0 Å². The second-order valence-electron chi connectivity index (χ2n) is 9.34. The Bertz CT molecular complexity index is 1030. The first-order chi connectivity index (χ1) is 16.0. The minimum Gasteiger partial charge on any atom is -0.380 e. The molecule has 0 spiro atoms. The van der Waals surface area contributed by atoms with Crippen molar-refractivity contribution in [2.75, 3.05) is 19.6 Å².